The third-order valence-electron chi connectivity index (χ3n) is 2.86. The Kier molecular flexibility index (Phi) is 4.21. The van der Waals surface area contributed by atoms with Gasteiger partial charge in [-0.15, -0.1) is 11.6 Å². The number of aromatic nitrogens is 1. The third-order valence-corrected chi connectivity index (χ3v) is 5.17. The molecule has 0 saturated carbocycles. The second-order valence-electron chi connectivity index (χ2n) is 4.22. The molecule has 0 aromatic carbocycles. The standard InChI is InChI=1S/C11H15ClN2O3S/c1-9-8-17-10(5-12)7-14(9)18(15,16)11-3-2-4-13-6-11/h2-4,6,9-10H,5,7-8H2,1H3. The minimum absolute atomic E-state index is 0.199. The lowest BCUT2D eigenvalue weighted by Crippen LogP contribution is -2.51. The molecule has 0 bridgehead atoms. The molecule has 1 aliphatic heterocycles. The van der Waals surface area contributed by atoms with Crippen molar-refractivity contribution in [1.29, 1.82) is 0 Å². The summed E-state index contributed by atoms with van der Waals surface area (Å²) in [4.78, 5) is 4.05. The van der Waals surface area contributed by atoms with Crippen LogP contribution in [-0.2, 0) is 14.8 Å². The Hall–Kier alpha value is -0.690. The third kappa shape index (κ3) is 2.66. The maximum Gasteiger partial charge on any atom is 0.245 e. The van der Waals surface area contributed by atoms with Gasteiger partial charge in [0.2, 0.25) is 10.0 Å². The van der Waals surface area contributed by atoms with Crippen LogP contribution in [0.4, 0.5) is 0 Å². The number of hydrogen-bond acceptors (Lipinski definition) is 4. The van der Waals surface area contributed by atoms with Crippen LogP contribution in [0, 0.1) is 0 Å². The highest BCUT2D eigenvalue weighted by Gasteiger charge is 2.35. The molecule has 7 heteroatoms. The summed E-state index contributed by atoms with van der Waals surface area (Å²) in [6.45, 7) is 2.46. The first-order valence-corrected chi connectivity index (χ1v) is 7.62. The normalized spacial score (nSPS) is 26.1. The van der Waals surface area contributed by atoms with Crippen LogP contribution in [0.5, 0.6) is 0 Å². The van der Waals surface area contributed by atoms with Gasteiger partial charge in [-0.3, -0.25) is 4.98 Å². The van der Waals surface area contributed by atoms with Crippen LogP contribution in [0.3, 0.4) is 0 Å². The van der Waals surface area contributed by atoms with E-state index in [0.29, 0.717) is 6.61 Å². The molecule has 1 fully saturated rings. The van der Waals surface area contributed by atoms with Crippen LogP contribution in [0.15, 0.2) is 29.4 Å². The van der Waals surface area contributed by atoms with Crippen LogP contribution in [-0.4, -0.2) is 48.9 Å². The molecule has 1 aliphatic rings. The molecule has 18 heavy (non-hydrogen) atoms. The fourth-order valence-corrected chi connectivity index (χ4v) is 3.65. The van der Waals surface area contributed by atoms with Gasteiger partial charge in [-0.05, 0) is 19.1 Å². The molecule has 2 heterocycles. The van der Waals surface area contributed by atoms with E-state index < -0.39 is 10.0 Å². The van der Waals surface area contributed by atoms with E-state index in [1.54, 1.807) is 18.3 Å². The van der Waals surface area contributed by atoms with Gasteiger partial charge in [-0.1, -0.05) is 0 Å². The first-order valence-electron chi connectivity index (χ1n) is 5.65. The Bertz CT molecular complexity index is 494. The number of halogens is 1. The van der Waals surface area contributed by atoms with E-state index >= 15 is 0 Å². The number of ether oxygens (including phenoxy) is 1. The zero-order chi connectivity index (χ0) is 13.2. The van der Waals surface area contributed by atoms with Crippen molar-refractivity contribution in [2.24, 2.45) is 0 Å². The number of rotatable bonds is 3. The topological polar surface area (TPSA) is 59.5 Å². The van der Waals surface area contributed by atoms with Crippen molar-refractivity contribution in [2.75, 3.05) is 19.0 Å². The van der Waals surface area contributed by atoms with Crippen LogP contribution >= 0.6 is 11.6 Å². The molecule has 0 N–H and O–H groups in total. The molecule has 5 nitrogen and oxygen atoms in total. The average Bonchev–Trinajstić information content (AvgIpc) is 2.40. The van der Waals surface area contributed by atoms with Crippen molar-refractivity contribution in [3.63, 3.8) is 0 Å². The van der Waals surface area contributed by atoms with Gasteiger partial charge in [0.15, 0.2) is 0 Å². The zero-order valence-electron chi connectivity index (χ0n) is 9.99. The molecule has 100 valence electrons. The molecule has 1 aromatic heterocycles. The maximum atomic E-state index is 12.4. The molecule has 1 saturated heterocycles. The number of alkyl halides is 1. The van der Waals surface area contributed by atoms with Crippen LogP contribution < -0.4 is 0 Å². The summed E-state index contributed by atoms with van der Waals surface area (Å²) in [5.74, 6) is 0.284. The van der Waals surface area contributed by atoms with Crippen molar-refractivity contribution in [3.8, 4) is 0 Å². The monoisotopic (exact) mass is 290 g/mol. The molecule has 2 rings (SSSR count). The summed E-state index contributed by atoms with van der Waals surface area (Å²) >= 11 is 5.73. The molecular formula is C11H15ClN2O3S. The molecule has 0 aliphatic carbocycles. The lowest BCUT2D eigenvalue weighted by Gasteiger charge is -2.36. The van der Waals surface area contributed by atoms with Gasteiger partial charge in [0, 0.05) is 30.9 Å². The minimum Gasteiger partial charge on any atom is -0.374 e. The molecule has 2 unspecified atom stereocenters. The van der Waals surface area contributed by atoms with Crippen molar-refractivity contribution >= 4 is 21.6 Å². The summed E-state index contributed by atoms with van der Waals surface area (Å²) in [5, 5.41) is 0. The summed E-state index contributed by atoms with van der Waals surface area (Å²) in [5.41, 5.74) is 0. The smallest absolute Gasteiger partial charge is 0.245 e. The highest BCUT2D eigenvalue weighted by molar-refractivity contribution is 7.89. The number of sulfonamides is 1. The van der Waals surface area contributed by atoms with Gasteiger partial charge in [0.25, 0.3) is 0 Å². The van der Waals surface area contributed by atoms with Gasteiger partial charge in [-0.2, -0.15) is 4.31 Å². The van der Waals surface area contributed by atoms with E-state index in [2.05, 4.69) is 4.98 Å². The second-order valence-corrected chi connectivity index (χ2v) is 6.42. The first-order chi connectivity index (χ1) is 8.55. The maximum absolute atomic E-state index is 12.4. The first kappa shape index (κ1) is 13.7. The largest absolute Gasteiger partial charge is 0.374 e. The second kappa shape index (κ2) is 5.52. The number of hydrogen-bond donors (Lipinski definition) is 0. The highest BCUT2D eigenvalue weighted by atomic mass is 35.5. The molecule has 0 radical (unpaired) electrons. The van der Waals surface area contributed by atoms with Crippen LogP contribution in [0.25, 0.3) is 0 Å². The van der Waals surface area contributed by atoms with Crippen molar-refractivity contribution in [2.45, 2.75) is 24.0 Å². The van der Waals surface area contributed by atoms with Gasteiger partial charge in [0.1, 0.15) is 4.90 Å². The quantitative estimate of drug-likeness (QED) is 0.782. The van der Waals surface area contributed by atoms with Gasteiger partial charge >= 0.3 is 0 Å². The molecule has 1 aromatic rings. The Balaban J connectivity index is 2.29. The lowest BCUT2D eigenvalue weighted by molar-refractivity contribution is -0.0152. The van der Waals surface area contributed by atoms with Crippen molar-refractivity contribution in [3.05, 3.63) is 24.5 Å². The lowest BCUT2D eigenvalue weighted by atomic mass is 10.2. The number of nitrogens with zero attached hydrogens (tertiary/aromatic N) is 2. The minimum atomic E-state index is -3.52. The fourth-order valence-electron chi connectivity index (χ4n) is 1.86. The fraction of sp³-hybridized carbons (Fsp3) is 0.545. The molecule has 2 atom stereocenters. The average molecular weight is 291 g/mol. The van der Waals surface area contributed by atoms with E-state index in [0.717, 1.165) is 0 Å². The van der Waals surface area contributed by atoms with Crippen molar-refractivity contribution < 1.29 is 13.2 Å². The van der Waals surface area contributed by atoms with Gasteiger partial charge in [0.05, 0.1) is 12.7 Å². The molecule has 0 amide bonds. The van der Waals surface area contributed by atoms with Crippen LogP contribution in [0.2, 0.25) is 0 Å². The highest BCUT2D eigenvalue weighted by Crippen LogP contribution is 2.22. The molecule has 0 spiro atoms. The SMILES string of the molecule is CC1COC(CCl)CN1S(=O)(=O)c1cccnc1. The summed E-state index contributed by atoms with van der Waals surface area (Å²) < 4.78 is 31.8. The predicted octanol–water partition coefficient (Wildman–Crippen LogP) is 1.10. The Labute approximate surface area is 112 Å². The van der Waals surface area contributed by atoms with E-state index in [-0.39, 0.29) is 29.5 Å². The van der Waals surface area contributed by atoms with Crippen LogP contribution in [0.1, 0.15) is 6.92 Å². The zero-order valence-corrected chi connectivity index (χ0v) is 11.6. The van der Waals surface area contributed by atoms with Gasteiger partial charge in [-0.25, -0.2) is 8.42 Å². The van der Waals surface area contributed by atoms with Crippen molar-refractivity contribution in [1.82, 2.24) is 9.29 Å². The summed E-state index contributed by atoms with van der Waals surface area (Å²) in [6.07, 6.45) is 2.64. The molecular weight excluding hydrogens is 276 g/mol. The Morgan fingerprint density at radius 1 is 1.61 bits per heavy atom. The van der Waals surface area contributed by atoms with E-state index in [1.165, 1.54) is 10.5 Å². The number of pyridine rings is 1. The summed E-state index contributed by atoms with van der Waals surface area (Å²) in [7, 11) is -3.52. The predicted molar refractivity (Wildman–Crippen MR) is 68.1 cm³/mol. The summed E-state index contributed by atoms with van der Waals surface area (Å²) in [6, 6.07) is 2.95. The Morgan fingerprint density at radius 2 is 2.39 bits per heavy atom. The van der Waals surface area contributed by atoms with E-state index in [1.807, 2.05) is 6.92 Å². The van der Waals surface area contributed by atoms with Gasteiger partial charge < -0.3 is 4.74 Å². The Morgan fingerprint density at radius 3 is 3.00 bits per heavy atom. The number of morpholine rings is 1. The van der Waals surface area contributed by atoms with E-state index in [9.17, 15) is 8.42 Å². The van der Waals surface area contributed by atoms with E-state index in [4.69, 9.17) is 16.3 Å².